The molecule has 10 heteroatoms. The zero-order chi connectivity index (χ0) is 23.0. The molecule has 6 nitrogen and oxygen atoms in total. The standard InChI is InChI=1S/C22H14F3N3O3S/c1-11(32-21-26-9-8-17(28-21)22(23,24)25)20(31)27-12-6-7-15-16(10-12)19(30)14-5-3-2-4-13(14)18(15)29/h2-11H,1H3,(H,27,31)/t11-/m1/s1. The van der Waals surface area contributed by atoms with Crippen molar-refractivity contribution in [1.29, 1.82) is 0 Å². The molecule has 0 saturated carbocycles. The van der Waals surface area contributed by atoms with Gasteiger partial charge in [0.25, 0.3) is 0 Å². The van der Waals surface area contributed by atoms with Crippen LogP contribution in [0.5, 0.6) is 0 Å². The van der Waals surface area contributed by atoms with E-state index < -0.39 is 23.0 Å². The molecule has 1 heterocycles. The smallest absolute Gasteiger partial charge is 0.325 e. The second-order valence-electron chi connectivity index (χ2n) is 6.94. The first-order chi connectivity index (χ1) is 15.1. The van der Waals surface area contributed by atoms with Crippen LogP contribution in [0.2, 0.25) is 0 Å². The second kappa shape index (κ2) is 8.19. The highest BCUT2D eigenvalue weighted by molar-refractivity contribution is 8.00. The lowest BCUT2D eigenvalue weighted by molar-refractivity contribution is -0.141. The molecular weight excluding hydrogens is 443 g/mol. The van der Waals surface area contributed by atoms with Gasteiger partial charge in [0, 0.05) is 34.1 Å². The highest BCUT2D eigenvalue weighted by Crippen LogP contribution is 2.31. The normalized spacial score (nSPS) is 13.9. The molecule has 0 fully saturated rings. The van der Waals surface area contributed by atoms with Crippen molar-refractivity contribution in [3.05, 3.63) is 82.7 Å². The van der Waals surface area contributed by atoms with Gasteiger partial charge in [-0.2, -0.15) is 13.2 Å². The summed E-state index contributed by atoms with van der Waals surface area (Å²) in [6.45, 7) is 1.49. The summed E-state index contributed by atoms with van der Waals surface area (Å²) in [5.74, 6) is -1.13. The topological polar surface area (TPSA) is 89.0 Å². The van der Waals surface area contributed by atoms with Crippen LogP contribution in [0.3, 0.4) is 0 Å². The first-order valence-corrected chi connectivity index (χ1v) is 10.2. The maximum atomic E-state index is 12.8. The van der Waals surface area contributed by atoms with E-state index in [4.69, 9.17) is 0 Å². The van der Waals surface area contributed by atoms with E-state index in [2.05, 4.69) is 15.3 Å². The van der Waals surface area contributed by atoms with Crippen LogP contribution in [0.4, 0.5) is 18.9 Å². The fraction of sp³-hybridized carbons (Fsp3) is 0.136. The third kappa shape index (κ3) is 4.13. The number of halogens is 3. The lowest BCUT2D eigenvalue weighted by atomic mass is 9.84. The summed E-state index contributed by atoms with van der Waals surface area (Å²) in [6, 6.07) is 11.6. The number of fused-ring (bicyclic) bond motifs is 2. The van der Waals surface area contributed by atoms with Crippen molar-refractivity contribution in [2.75, 3.05) is 5.32 Å². The van der Waals surface area contributed by atoms with E-state index in [1.807, 2.05) is 0 Å². The number of thioether (sulfide) groups is 1. The number of hydrogen-bond acceptors (Lipinski definition) is 6. The molecule has 0 aliphatic heterocycles. The van der Waals surface area contributed by atoms with Crippen LogP contribution in [0.1, 0.15) is 44.5 Å². The van der Waals surface area contributed by atoms with E-state index in [0.29, 0.717) is 11.1 Å². The van der Waals surface area contributed by atoms with Gasteiger partial charge in [-0.25, -0.2) is 9.97 Å². The third-order valence-corrected chi connectivity index (χ3v) is 5.74. The molecule has 0 saturated heterocycles. The predicted molar refractivity (Wildman–Crippen MR) is 111 cm³/mol. The van der Waals surface area contributed by atoms with Gasteiger partial charge in [0.15, 0.2) is 16.7 Å². The van der Waals surface area contributed by atoms with Crippen molar-refractivity contribution in [2.45, 2.75) is 23.5 Å². The Kier molecular flexibility index (Phi) is 5.55. The van der Waals surface area contributed by atoms with Crippen LogP contribution >= 0.6 is 11.8 Å². The Labute approximate surface area is 184 Å². The fourth-order valence-corrected chi connectivity index (χ4v) is 3.94. The molecule has 0 unspecified atom stereocenters. The van der Waals surface area contributed by atoms with Crippen LogP contribution in [0.15, 0.2) is 59.9 Å². The SMILES string of the molecule is C[C@@H](Sc1nccc(C(F)(F)F)n1)C(=O)Nc1ccc2c(c1)C(=O)c1ccccc1C2=O. The van der Waals surface area contributed by atoms with E-state index in [1.165, 1.54) is 25.1 Å². The largest absolute Gasteiger partial charge is 0.433 e. The summed E-state index contributed by atoms with van der Waals surface area (Å²) in [6.07, 6.45) is -3.64. The summed E-state index contributed by atoms with van der Waals surface area (Å²) in [7, 11) is 0. The summed E-state index contributed by atoms with van der Waals surface area (Å²) in [5, 5.41) is 1.60. The summed E-state index contributed by atoms with van der Waals surface area (Å²) >= 11 is 0.766. The second-order valence-corrected chi connectivity index (χ2v) is 8.24. The van der Waals surface area contributed by atoms with Gasteiger partial charge in [0.1, 0.15) is 5.69 Å². The van der Waals surface area contributed by atoms with Crippen LogP contribution < -0.4 is 5.32 Å². The van der Waals surface area contributed by atoms with Gasteiger partial charge in [-0.3, -0.25) is 14.4 Å². The first-order valence-electron chi connectivity index (χ1n) is 9.35. The number of nitrogens with one attached hydrogen (secondary N) is 1. The number of carbonyl (C=O) groups is 3. The van der Waals surface area contributed by atoms with Gasteiger partial charge in [0.05, 0.1) is 5.25 Å². The first kappa shape index (κ1) is 21.7. The van der Waals surface area contributed by atoms with Crippen LogP contribution in [0, 0.1) is 0 Å². The van der Waals surface area contributed by atoms with Crippen molar-refractivity contribution in [2.24, 2.45) is 0 Å². The quantitative estimate of drug-likeness (QED) is 0.361. The number of aromatic nitrogens is 2. The Hall–Kier alpha value is -3.53. The summed E-state index contributed by atoms with van der Waals surface area (Å²) < 4.78 is 38.4. The minimum Gasteiger partial charge on any atom is -0.325 e. The van der Waals surface area contributed by atoms with Gasteiger partial charge in [-0.1, -0.05) is 36.0 Å². The Morgan fingerprint density at radius 3 is 2.25 bits per heavy atom. The molecule has 0 spiro atoms. The van der Waals surface area contributed by atoms with Gasteiger partial charge in [-0.15, -0.1) is 0 Å². The molecule has 0 radical (unpaired) electrons. The molecule has 3 aromatic rings. The molecule has 1 N–H and O–H groups in total. The minimum absolute atomic E-state index is 0.174. The minimum atomic E-state index is -4.62. The zero-order valence-electron chi connectivity index (χ0n) is 16.4. The maximum absolute atomic E-state index is 12.8. The molecule has 162 valence electrons. The zero-order valence-corrected chi connectivity index (χ0v) is 17.3. The molecule has 0 bridgehead atoms. The lowest BCUT2D eigenvalue weighted by Gasteiger charge is -2.18. The maximum Gasteiger partial charge on any atom is 0.433 e. The third-order valence-electron chi connectivity index (χ3n) is 4.77. The Morgan fingerprint density at radius 1 is 0.969 bits per heavy atom. The molecule has 1 aliphatic rings. The number of amides is 1. The molecule has 2 aromatic carbocycles. The Balaban J connectivity index is 1.51. The van der Waals surface area contributed by atoms with E-state index in [0.717, 1.165) is 24.0 Å². The molecule has 1 aliphatic carbocycles. The molecule has 1 amide bonds. The van der Waals surface area contributed by atoms with Crippen molar-refractivity contribution >= 4 is 34.9 Å². The number of ketones is 2. The van der Waals surface area contributed by atoms with Gasteiger partial charge < -0.3 is 5.32 Å². The Bertz CT molecular complexity index is 1260. The predicted octanol–water partition coefficient (Wildman–Crippen LogP) is 4.39. The Morgan fingerprint density at radius 2 is 1.59 bits per heavy atom. The van der Waals surface area contributed by atoms with Crippen molar-refractivity contribution in [3.63, 3.8) is 0 Å². The van der Waals surface area contributed by atoms with Crippen LogP contribution in [-0.4, -0.2) is 32.7 Å². The average Bonchev–Trinajstić information content (AvgIpc) is 2.77. The van der Waals surface area contributed by atoms with Crippen LogP contribution in [-0.2, 0) is 11.0 Å². The number of hydrogen-bond donors (Lipinski definition) is 1. The fourth-order valence-electron chi connectivity index (χ4n) is 3.19. The number of nitrogens with zero attached hydrogens (tertiary/aromatic N) is 2. The number of carbonyl (C=O) groups excluding carboxylic acids is 3. The van der Waals surface area contributed by atoms with E-state index in [1.54, 1.807) is 24.3 Å². The monoisotopic (exact) mass is 457 g/mol. The molecule has 1 atom stereocenters. The van der Waals surface area contributed by atoms with E-state index in [9.17, 15) is 27.6 Å². The number of rotatable bonds is 4. The van der Waals surface area contributed by atoms with E-state index in [-0.39, 0.29) is 33.5 Å². The molecular formula is C22H14F3N3O3S. The van der Waals surface area contributed by atoms with Crippen molar-refractivity contribution < 1.29 is 27.6 Å². The van der Waals surface area contributed by atoms with Crippen molar-refractivity contribution in [3.8, 4) is 0 Å². The highest BCUT2D eigenvalue weighted by atomic mass is 32.2. The van der Waals surface area contributed by atoms with Gasteiger partial charge in [-0.05, 0) is 31.2 Å². The highest BCUT2D eigenvalue weighted by Gasteiger charge is 2.33. The van der Waals surface area contributed by atoms with Gasteiger partial charge in [0.2, 0.25) is 5.91 Å². The summed E-state index contributed by atoms with van der Waals surface area (Å²) in [4.78, 5) is 45.2. The number of benzene rings is 2. The molecule has 1 aromatic heterocycles. The van der Waals surface area contributed by atoms with E-state index >= 15 is 0 Å². The lowest BCUT2D eigenvalue weighted by Crippen LogP contribution is -2.24. The number of anilines is 1. The molecule has 4 rings (SSSR count). The summed E-state index contributed by atoms with van der Waals surface area (Å²) in [5.41, 5.74) is 0.221. The number of alkyl halides is 3. The van der Waals surface area contributed by atoms with Crippen molar-refractivity contribution in [1.82, 2.24) is 9.97 Å². The molecule has 32 heavy (non-hydrogen) atoms. The van der Waals surface area contributed by atoms with Crippen LogP contribution in [0.25, 0.3) is 0 Å². The van der Waals surface area contributed by atoms with Gasteiger partial charge >= 0.3 is 6.18 Å². The average molecular weight is 457 g/mol.